The number of para-hydroxylation sites is 1. The predicted octanol–water partition coefficient (Wildman–Crippen LogP) is 11.7. The summed E-state index contributed by atoms with van der Waals surface area (Å²) in [6.45, 7) is 9.87. The maximum atomic E-state index is 13.9. The Hall–Kier alpha value is -3.24. The molecule has 0 atom stereocenters. The molecule has 3 aliphatic carbocycles. The average Bonchev–Trinajstić information content (AvgIpc) is 3.49. The summed E-state index contributed by atoms with van der Waals surface area (Å²) in [5, 5.41) is 3.38. The number of thiazole rings is 1. The lowest BCUT2D eigenvalue weighted by atomic mass is 9.65. The van der Waals surface area contributed by atoms with Crippen molar-refractivity contribution in [3.05, 3.63) is 111 Å². The van der Waals surface area contributed by atoms with Crippen LogP contribution in [-0.2, 0) is 11.3 Å². The molecule has 0 spiro atoms. The summed E-state index contributed by atoms with van der Waals surface area (Å²) in [7, 11) is 0. The molecule has 1 heterocycles. The monoisotopic (exact) mass is 646 g/mol. The molecule has 47 heavy (non-hydrogen) atoms. The molecule has 0 amide bonds. The van der Waals surface area contributed by atoms with Gasteiger partial charge in [0.05, 0.1) is 17.2 Å². The standard InChI is InChI=1S/C43H54N2OS/c1-31-12-11-15-37(36-13-7-5-8-14-36)26-32(2)42(31)41(46)27-34-22-24-43(4,25-23-34)28-35-18-20-40(21-19-35)45(39-16-9-6-10-17-39)29-38-30-47-33(3)44-38/h5-10,13-17,26,30,34-35,40H,11-12,18-25,27-29H2,1-4H3/b32-26-,37-15?,42-31+. The number of carbonyl (C=O) groups excluding carboxylic acids is 1. The molecule has 0 aliphatic heterocycles. The van der Waals surface area contributed by atoms with Crippen molar-refractivity contribution in [1.82, 2.24) is 4.98 Å². The second-order valence-electron chi connectivity index (χ2n) is 15.1. The summed E-state index contributed by atoms with van der Waals surface area (Å²) in [5.74, 6) is 1.70. The van der Waals surface area contributed by atoms with Crippen LogP contribution in [0.15, 0.2) is 94.9 Å². The van der Waals surface area contributed by atoms with E-state index in [0.717, 1.165) is 41.5 Å². The first-order valence-corrected chi connectivity index (χ1v) is 19.0. The Kier molecular flexibility index (Phi) is 11.0. The summed E-state index contributed by atoms with van der Waals surface area (Å²) < 4.78 is 0. The summed E-state index contributed by atoms with van der Waals surface area (Å²) in [4.78, 5) is 21.3. The van der Waals surface area contributed by atoms with Crippen LogP contribution >= 0.6 is 11.3 Å². The number of hydrogen-bond donors (Lipinski definition) is 0. The molecule has 2 fully saturated rings. The highest BCUT2D eigenvalue weighted by Crippen LogP contribution is 2.47. The number of ketones is 1. The molecule has 6 rings (SSSR count). The van der Waals surface area contributed by atoms with Gasteiger partial charge in [0.25, 0.3) is 0 Å². The van der Waals surface area contributed by atoms with Crippen molar-refractivity contribution in [2.45, 2.75) is 117 Å². The number of aromatic nitrogens is 1. The molecule has 3 aromatic rings. The minimum Gasteiger partial charge on any atom is -0.363 e. The van der Waals surface area contributed by atoms with Gasteiger partial charge in [0.2, 0.25) is 0 Å². The summed E-state index contributed by atoms with van der Waals surface area (Å²) in [6, 6.07) is 22.1. The molecule has 2 saturated carbocycles. The summed E-state index contributed by atoms with van der Waals surface area (Å²) >= 11 is 1.76. The molecule has 0 radical (unpaired) electrons. The summed E-state index contributed by atoms with van der Waals surface area (Å²) in [5.41, 5.74) is 8.80. The van der Waals surface area contributed by atoms with Crippen LogP contribution < -0.4 is 4.90 Å². The normalized spacial score (nSPS) is 28.0. The largest absolute Gasteiger partial charge is 0.363 e. The molecule has 0 unspecified atom stereocenters. The lowest BCUT2D eigenvalue weighted by Crippen LogP contribution is -2.39. The van der Waals surface area contributed by atoms with Gasteiger partial charge >= 0.3 is 0 Å². The number of hydrogen-bond acceptors (Lipinski definition) is 4. The van der Waals surface area contributed by atoms with Gasteiger partial charge in [0.15, 0.2) is 5.78 Å². The number of Topliss-reactive ketones (excluding diaryl/α,β-unsaturated/α-hetero) is 1. The van der Waals surface area contributed by atoms with Crippen LogP contribution in [0.2, 0.25) is 0 Å². The first-order valence-electron chi connectivity index (χ1n) is 18.2. The fraction of sp³-hybridized carbons (Fsp3) is 0.488. The first kappa shape index (κ1) is 33.7. The Labute approximate surface area is 287 Å². The third kappa shape index (κ3) is 8.62. The van der Waals surface area contributed by atoms with Crippen LogP contribution in [0.5, 0.6) is 0 Å². The van der Waals surface area contributed by atoms with E-state index in [1.54, 1.807) is 11.3 Å². The number of anilines is 1. The average molecular weight is 647 g/mol. The highest BCUT2D eigenvalue weighted by atomic mass is 32.1. The van der Waals surface area contributed by atoms with Crippen molar-refractivity contribution in [3.8, 4) is 0 Å². The van der Waals surface area contributed by atoms with Crippen molar-refractivity contribution >= 4 is 28.4 Å². The Morgan fingerprint density at radius 3 is 2.23 bits per heavy atom. The molecular weight excluding hydrogens is 593 g/mol. The zero-order valence-corrected chi connectivity index (χ0v) is 30.0. The first-order chi connectivity index (χ1) is 22.8. The quantitative estimate of drug-likeness (QED) is 0.220. The fourth-order valence-electron chi connectivity index (χ4n) is 8.77. The third-order valence-corrected chi connectivity index (χ3v) is 12.2. The molecule has 0 saturated heterocycles. The highest BCUT2D eigenvalue weighted by Gasteiger charge is 2.36. The van der Waals surface area contributed by atoms with Crippen LogP contribution in [0.4, 0.5) is 5.69 Å². The van der Waals surface area contributed by atoms with Crippen LogP contribution in [-0.4, -0.2) is 16.8 Å². The molecule has 1 aromatic heterocycles. The zero-order chi connectivity index (χ0) is 32.8. The lowest BCUT2D eigenvalue weighted by Gasteiger charge is -2.43. The van der Waals surface area contributed by atoms with Crippen LogP contribution in [0.1, 0.15) is 114 Å². The maximum absolute atomic E-state index is 13.9. The van der Waals surface area contributed by atoms with Gasteiger partial charge in [-0.2, -0.15) is 0 Å². The maximum Gasteiger partial charge on any atom is 0.163 e. The van der Waals surface area contributed by atoms with E-state index < -0.39 is 0 Å². The molecule has 4 heteroatoms. The zero-order valence-electron chi connectivity index (χ0n) is 29.1. The van der Waals surface area contributed by atoms with Crippen molar-refractivity contribution < 1.29 is 4.79 Å². The van der Waals surface area contributed by atoms with Gasteiger partial charge in [-0.15, -0.1) is 11.3 Å². The van der Waals surface area contributed by atoms with E-state index in [-0.39, 0.29) is 0 Å². The molecule has 3 nitrogen and oxygen atoms in total. The van der Waals surface area contributed by atoms with Crippen molar-refractivity contribution in [2.24, 2.45) is 17.3 Å². The molecule has 0 bridgehead atoms. The van der Waals surface area contributed by atoms with E-state index in [9.17, 15) is 4.79 Å². The van der Waals surface area contributed by atoms with Crippen molar-refractivity contribution in [3.63, 3.8) is 0 Å². The molecule has 3 aliphatic rings. The van der Waals surface area contributed by atoms with Crippen molar-refractivity contribution in [2.75, 3.05) is 4.90 Å². The summed E-state index contributed by atoms with van der Waals surface area (Å²) in [6.07, 6.45) is 18.6. The molecule has 248 valence electrons. The Bertz CT molecular complexity index is 1580. The molecule has 0 N–H and O–H groups in total. The highest BCUT2D eigenvalue weighted by molar-refractivity contribution is 7.09. The van der Waals surface area contributed by atoms with Crippen molar-refractivity contribution in [1.29, 1.82) is 0 Å². The topological polar surface area (TPSA) is 33.2 Å². The van der Waals surface area contributed by atoms with E-state index in [4.69, 9.17) is 4.98 Å². The van der Waals surface area contributed by atoms with E-state index in [1.807, 2.05) is 0 Å². The molecule has 2 aromatic carbocycles. The van der Waals surface area contributed by atoms with Crippen LogP contribution in [0.3, 0.4) is 0 Å². The van der Waals surface area contributed by atoms with Crippen LogP contribution in [0.25, 0.3) is 5.57 Å². The van der Waals surface area contributed by atoms with Crippen LogP contribution in [0, 0.1) is 24.2 Å². The van der Waals surface area contributed by atoms with Gasteiger partial charge < -0.3 is 4.90 Å². The van der Waals surface area contributed by atoms with E-state index >= 15 is 0 Å². The molecular formula is C43H54N2OS. The number of nitrogens with zero attached hydrogens (tertiary/aromatic N) is 2. The van der Waals surface area contributed by atoms with Gasteiger partial charge in [-0.1, -0.05) is 73.2 Å². The second-order valence-corrected chi connectivity index (χ2v) is 16.2. The number of aryl methyl sites for hydroxylation is 1. The minimum atomic E-state index is 0.369. The lowest BCUT2D eigenvalue weighted by molar-refractivity contribution is -0.116. The number of allylic oxidation sites excluding steroid dienone is 6. The SMILES string of the molecule is CC1=C/C(c2ccccc2)=CCC/C(C)=C\1C(=O)CC1CCC(C)(CC2CCC(N(Cc3csc(C)n3)c3ccccc3)CC2)CC1. The van der Waals surface area contributed by atoms with E-state index in [0.29, 0.717) is 29.6 Å². The van der Waals surface area contributed by atoms with Gasteiger partial charge in [-0.3, -0.25) is 4.79 Å². The van der Waals surface area contributed by atoms with Gasteiger partial charge in [0.1, 0.15) is 0 Å². The third-order valence-electron chi connectivity index (χ3n) is 11.4. The van der Waals surface area contributed by atoms with E-state index in [2.05, 4.69) is 111 Å². The smallest absolute Gasteiger partial charge is 0.163 e. The second kappa shape index (κ2) is 15.3. The number of benzene rings is 2. The fourth-order valence-corrected chi connectivity index (χ4v) is 9.37. The van der Waals surface area contributed by atoms with E-state index in [1.165, 1.54) is 85.9 Å². The number of rotatable bonds is 10. The van der Waals surface area contributed by atoms with Gasteiger partial charge in [-0.05, 0) is 137 Å². The Morgan fingerprint density at radius 2 is 1.57 bits per heavy atom. The predicted molar refractivity (Wildman–Crippen MR) is 200 cm³/mol. The number of carbonyl (C=O) groups is 1. The van der Waals surface area contributed by atoms with Gasteiger partial charge in [0, 0.05) is 29.1 Å². The minimum absolute atomic E-state index is 0.369. The Balaban J connectivity index is 1.01. The Morgan fingerprint density at radius 1 is 0.894 bits per heavy atom. The van der Waals surface area contributed by atoms with Gasteiger partial charge in [-0.25, -0.2) is 4.98 Å².